The average Bonchev–Trinajstić information content (AvgIpc) is 3.75. The summed E-state index contributed by atoms with van der Waals surface area (Å²) >= 11 is 0. The van der Waals surface area contributed by atoms with Crippen LogP contribution in [0.25, 0.3) is 22.3 Å². The van der Waals surface area contributed by atoms with E-state index in [1.165, 1.54) is 0 Å². The zero-order valence-corrected chi connectivity index (χ0v) is 22.1. The van der Waals surface area contributed by atoms with E-state index in [4.69, 9.17) is 29.2 Å². The van der Waals surface area contributed by atoms with Crippen LogP contribution in [-0.2, 0) is 19.0 Å². The summed E-state index contributed by atoms with van der Waals surface area (Å²) in [6.45, 7) is 10.8. The van der Waals surface area contributed by atoms with Gasteiger partial charge in [0.15, 0.2) is 11.2 Å². The first kappa shape index (κ1) is 25.0. The minimum Gasteiger partial charge on any atom is -0.377 e. The summed E-state index contributed by atoms with van der Waals surface area (Å²) in [7, 11) is 0. The Morgan fingerprint density at radius 2 is 1.76 bits per heavy atom. The normalized spacial score (nSPS) is 25.4. The Labute approximate surface area is 222 Å². The Bertz CT molecular complexity index is 1350. The summed E-state index contributed by atoms with van der Waals surface area (Å²) in [5.74, 6) is 1.45. The molecule has 3 aliphatic heterocycles. The van der Waals surface area contributed by atoms with Crippen LogP contribution in [0.2, 0.25) is 0 Å². The van der Waals surface area contributed by atoms with Crippen LogP contribution in [-0.4, -0.2) is 84.7 Å². The number of amides is 1. The maximum Gasteiger partial charge on any atom is 0.259 e. The van der Waals surface area contributed by atoms with Crippen molar-refractivity contribution >= 4 is 34.4 Å². The van der Waals surface area contributed by atoms with Crippen molar-refractivity contribution in [2.24, 2.45) is 0 Å². The smallest absolute Gasteiger partial charge is 0.259 e. The molecule has 0 aliphatic carbocycles. The lowest BCUT2D eigenvalue weighted by molar-refractivity contribution is -0.121. The first-order valence-electron chi connectivity index (χ1n) is 13.4. The van der Waals surface area contributed by atoms with Crippen molar-refractivity contribution in [3.8, 4) is 11.3 Å². The predicted octanol–water partition coefficient (Wildman–Crippen LogP) is 3.26. The molecular formula is C28H34N6O4. The molecule has 10 nitrogen and oxygen atoms in total. The molecule has 38 heavy (non-hydrogen) atoms. The van der Waals surface area contributed by atoms with Gasteiger partial charge in [-0.3, -0.25) is 4.79 Å². The number of carbonyl (C=O) groups excluding carboxylic acids is 1. The number of benzene rings is 1. The van der Waals surface area contributed by atoms with Crippen LogP contribution in [0, 0.1) is 0 Å². The molecule has 5 heterocycles. The second kappa shape index (κ2) is 10.1. The molecule has 3 aromatic rings. The number of nitrogens with one attached hydrogen (secondary N) is 1. The van der Waals surface area contributed by atoms with E-state index in [0.29, 0.717) is 56.7 Å². The molecule has 0 radical (unpaired) electrons. The van der Waals surface area contributed by atoms with Gasteiger partial charge in [0.1, 0.15) is 5.82 Å². The zero-order valence-electron chi connectivity index (χ0n) is 22.1. The van der Waals surface area contributed by atoms with E-state index >= 15 is 0 Å². The van der Waals surface area contributed by atoms with E-state index in [0.717, 1.165) is 35.6 Å². The third-order valence-electron chi connectivity index (χ3n) is 7.69. The number of epoxide rings is 1. The minimum atomic E-state index is -0.686. The van der Waals surface area contributed by atoms with Crippen LogP contribution in [0.15, 0.2) is 36.4 Å². The first-order chi connectivity index (χ1) is 18.5. The van der Waals surface area contributed by atoms with Crippen LogP contribution < -0.4 is 15.1 Å². The maximum atomic E-state index is 12.7. The highest BCUT2D eigenvalue weighted by Gasteiger charge is 2.50. The monoisotopic (exact) mass is 518 g/mol. The number of hydrogen-bond acceptors (Lipinski definition) is 9. The number of fused-ring (bicyclic) bond motifs is 1. The number of rotatable bonds is 6. The first-order valence-corrected chi connectivity index (χ1v) is 13.4. The lowest BCUT2D eigenvalue weighted by Crippen LogP contribution is -2.46. The lowest BCUT2D eigenvalue weighted by Gasteiger charge is -2.37. The Morgan fingerprint density at radius 3 is 2.45 bits per heavy atom. The van der Waals surface area contributed by atoms with Gasteiger partial charge in [0.25, 0.3) is 5.91 Å². The van der Waals surface area contributed by atoms with Gasteiger partial charge in [-0.25, -0.2) is 4.98 Å². The highest BCUT2D eigenvalue weighted by atomic mass is 16.6. The number of pyridine rings is 1. The highest BCUT2D eigenvalue weighted by Crippen LogP contribution is 2.34. The molecule has 1 unspecified atom stereocenters. The van der Waals surface area contributed by atoms with E-state index in [-0.39, 0.29) is 18.0 Å². The molecule has 0 spiro atoms. The van der Waals surface area contributed by atoms with Gasteiger partial charge in [-0.2, -0.15) is 9.97 Å². The molecule has 1 amide bonds. The van der Waals surface area contributed by atoms with Crippen molar-refractivity contribution in [2.45, 2.75) is 44.9 Å². The molecule has 2 aromatic heterocycles. The van der Waals surface area contributed by atoms with Crippen molar-refractivity contribution in [1.82, 2.24) is 15.0 Å². The Hall–Kier alpha value is -3.34. The largest absolute Gasteiger partial charge is 0.377 e. The summed E-state index contributed by atoms with van der Waals surface area (Å²) in [6, 6.07) is 12.1. The van der Waals surface area contributed by atoms with Gasteiger partial charge in [-0.15, -0.1) is 0 Å². The second-order valence-corrected chi connectivity index (χ2v) is 10.3. The lowest BCUT2D eigenvalue weighted by atomic mass is 10.1. The Kier molecular flexibility index (Phi) is 6.63. The van der Waals surface area contributed by atoms with Crippen molar-refractivity contribution in [1.29, 1.82) is 0 Å². The molecule has 10 heteroatoms. The molecule has 3 atom stereocenters. The number of hydrogen-bond donors (Lipinski definition) is 1. The fourth-order valence-electron chi connectivity index (χ4n) is 5.14. The van der Waals surface area contributed by atoms with Gasteiger partial charge in [-0.05, 0) is 44.5 Å². The van der Waals surface area contributed by atoms with Gasteiger partial charge in [0, 0.05) is 24.3 Å². The van der Waals surface area contributed by atoms with Crippen LogP contribution in [0.1, 0.15) is 27.2 Å². The maximum absolute atomic E-state index is 12.7. The number of anilines is 3. The van der Waals surface area contributed by atoms with E-state index in [2.05, 4.69) is 35.0 Å². The van der Waals surface area contributed by atoms with Gasteiger partial charge >= 0.3 is 0 Å². The summed E-state index contributed by atoms with van der Waals surface area (Å²) in [4.78, 5) is 32.2. The van der Waals surface area contributed by atoms with Crippen molar-refractivity contribution < 1.29 is 19.0 Å². The van der Waals surface area contributed by atoms with Crippen LogP contribution >= 0.6 is 0 Å². The summed E-state index contributed by atoms with van der Waals surface area (Å²) < 4.78 is 16.8. The van der Waals surface area contributed by atoms with Crippen molar-refractivity contribution in [3.05, 3.63) is 36.4 Å². The minimum absolute atomic E-state index is 0.107. The average molecular weight is 519 g/mol. The van der Waals surface area contributed by atoms with Gasteiger partial charge in [0.05, 0.1) is 56.2 Å². The summed E-state index contributed by atoms with van der Waals surface area (Å²) in [5.41, 5.74) is 2.35. The fraction of sp³-hybridized carbons (Fsp3) is 0.500. The van der Waals surface area contributed by atoms with E-state index in [1.807, 2.05) is 37.3 Å². The summed E-state index contributed by atoms with van der Waals surface area (Å²) in [6.07, 6.45) is 0.651. The Morgan fingerprint density at radius 1 is 1.03 bits per heavy atom. The van der Waals surface area contributed by atoms with Crippen molar-refractivity contribution in [2.75, 3.05) is 61.2 Å². The molecule has 0 bridgehead atoms. The zero-order chi connectivity index (χ0) is 26.3. The number of nitrogens with zero attached hydrogens (tertiary/aromatic N) is 5. The molecule has 3 saturated heterocycles. The Balaban J connectivity index is 1.38. The fourth-order valence-corrected chi connectivity index (χ4v) is 5.14. The standard InChI is InChI=1S/C28H34N6O4/c1-4-28(17-38-28)26(35)29-21-7-5-6-20(14-21)23-9-8-22-24(30-23)31-27(34-11-13-37-16-19(34)3)32-25(22)33-10-12-36-15-18(33)2/h5-9,14,18-19H,4,10-13,15-17H2,1-3H3,(H,29,35)/t18-,19-,28?/m0/s1. The van der Waals surface area contributed by atoms with Gasteiger partial charge in [-0.1, -0.05) is 19.1 Å². The molecule has 1 aromatic carbocycles. The molecule has 6 rings (SSSR count). The molecule has 3 fully saturated rings. The molecular weight excluding hydrogens is 484 g/mol. The molecule has 200 valence electrons. The third-order valence-corrected chi connectivity index (χ3v) is 7.69. The van der Waals surface area contributed by atoms with Crippen LogP contribution in [0.3, 0.4) is 0 Å². The molecule has 0 saturated carbocycles. The molecule has 3 aliphatic rings. The second-order valence-electron chi connectivity index (χ2n) is 10.3. The van der Waals surface area contributed by atoms with E-state index < -0.39 is 5.60 Å². The van der Waals surface area contributed by atoms with Crippen LogP contribution in [0.4, 0.5) is 17.5 Å². The molecule has 1 N–H and O–H groups in total. The number of morpholine rings is 2. The SMILES string of the molecule is CCC1(C(=O)Nc2cccc(-c3ccc4c(N5CCOC[C@@H]5C)nc(N5CCOC[C@@H]5C)nc4n3)c2)CO1. The highest BCUT2D eigenvalue weighted by molar-refractivity contribution is 5.99. The predicted molar refractivity (Wildman–Crippen MR) is 146 cm³/mol. The number of aromatic nitrogens is 3. The third kappa shape index (κ3) is 4.68. The van der Waals surface area contributed by atoms with Gasteiger partial charge < -0.3 is 29.3 Å². The summed E-state index contributed by atoms with van der Waals surface area (Å²) in [5, 5.41) is 3.91. The van der Waals surface area contributed by atoms with Crippen LogP contribution in [0.5, 0.6) is 0 Å². The number of carbonyl (C=O) groups is 1. The van der Waals surface area contributed by atoms with Gasteiger partial charge in [0.2, 0.25) is 5.95 Å². The van der Waals surface area contributed by atoms with E-state index in [9.17, 15) is 4.79 Å². The quantitative estimate of drug-likeness (QED) is 0.492. The van der Waals surface area contributed by atoms with Crippen molar-refractivity contribution in [3.63, 3.8) is 0 Å². The number of ether oxygens (including phenoxy) is 3. The van der Waals surface area contributed by atoms with E-state index in [1.54, 1.807) is 0 Å². The topological polar surface area (TPSA) is 105 Å².